The van der Waals surface area contributed by atoms with Crippen molar-refractivity contribution in [2.45, 2.75) is 32.1 Å². The highest BCUT2D eigenvalue weighted by Crippen LogP contribution is 2.27. The number of nitriles is 2. The van der Waals surface area contributed by atoms with Gasteiger partial charge in [0.2, 0.25) is 0 Å². The molecule has 0 atom stereocenters. The minimum absolute atomic E-state index is 0.344. The summed E-state index contributed by atoms with van der Waals surface area (Å²) >= 11 is 0. The number of rotatable bonds is 2. The van der Waals surface area contributed by atoms with Crippen LogP contribution in [0.2, 0.25) is 0 Å². The normalized spacial score (nSPS) is 18.4. The Kier molecular flexibility index (Phi) is 3.87. The van der Waals surface area contributed by atoms with Crippen molar-refractivity contribution in [3.05, 3.63) is 11.4 Å². The van der Waals surface area contributed by atoms with Gasteiger partial charge in [0.05, 0.1) is 0 Å². The van der Waals surface area contributed by atoms with Gasteiger partial charge in [0.25, 0.3) is 0 Å². The largest absolute Gasteiger partial charge is 0.354 e. The van der Waals surface area contributed by atoms with Gasteiger partial charge in [0.1, 0.15) is 12.1 Å². The maximum absolute atomic E-state index is 9.40. The molecule has 0 amide bonds. The van der Waals surface area contributed by atoms with Crippen LogP contribution in [0.15, 0.2) is 0 Å². The van der Waals surface area contributed by atoms with Crippen molar-refractivity contribution in [1.82, 2.24) is 9.97 Å². The third-order valence-electron chi connectivity index (χ3n) is 4.13. The molecule has 0 radical (unpaired) electrons. The van der Waals surface area contributed by atoms with Crippen LogP contribution in [-0.4, -0.2) is 36.1 Å². The zero-order chi connectivity index (χ0) is 14.7. The number of anilines is 2. The molecular formula is C15H18N6. The summed E-state index contributed by atoms with van der Waals surface area (Å²) in [6, 6.07) is 4.31. The lowest BCUT2D eigenvalue weighted by Gasteiger charge is -2.28. The van der Waals surface area contributed by atoms with Crippen molar-refractivity contribution >= 4 is 11.6 Å². The minimum atomic E-state index is 0.344. The highest BCUT2D eigenvalue weighted by molar-refractivity contribution is 5.60. The standard InChI is InChI=1S/C15H18N6/c16-10-12-14(20-6-2-1-3-7-20)18-13(11-17)15(19-12)21-8-4-5-9-21/h1-9H2. The zero-order valence-corrected chi connectivity index (χ0v) is 12.0. The second-order valence-corrected chi connectivity index (χ2v) is 5.53. The molecule has 0 N–H and O–H groups in total. The highest BCUT2D eigenvalue weighted by atomic mass is 15.3. The first-order valence-electron chi connectivity index (χ1n) is 7.55. The van der Waals surface area contributed by atoms with Crippen molar-refractivity contribution in [1.29, 1.82) is 10.5 Å². The van der Waals surface area contributed by atoms with E-state index in [4.69, 9.17) is 0 Å². The third kappa shape index (κ3) is 2.62. The van der Waals surface area contributed by atoms with E-state index >= 15 is 0 Å². The van der Waals surface area contributed by atoms with E-state index in [9.17, 15) is 10.5 Å². The molecule has 0 saturated carbocycles. The fraction of sp³-hybridized carbons (Fsp3) is 0.600. The van der Waals surface area contributed by atoms with Gasteiger partial charge in [0.15, 0.2) is 23.0 Å². The fourth-order valence-electron chi connectivity index (χ4n) is 3.04. The Labute approximate surface area is 124 Å². The molecule has 2 aliphatic rings. The molecule has 2 saturated heterocycles. The number of hydrogen-bond donors (Lipinski definition) is 0. The highest BCUT2D eigenvalue weighted by Gasteiger charge is 2.24. The lowest BCUT2D eigenvalue weighted by molar-refractivity contribution is 0.572. The van der Waals surface area contributed by atoms with E-state index in [0.717, 1.165) is 51.9 Å². The summed E-state index contributed by atoms with van der Waals surface area (Å²) in [4.78, 5) is 13.1. The van der Waals surface area contributed by atoms with Crippen LogP contribution in [0.5, 0.6) is 0 Å². The number of hydrogen-bond acceptors (Lipinski definition) is 6. The first kappa shape index (κ1) is 13.6. The van der Waals surface area contributed by atoms with E-state index in [-0.39, 0.29) is 0 Å². The average Bonchev–Trinajstić information content (AvgIpc) is 3.08. The van der Waals surface area contributed by atoms with E-state index in [1.807, 2.05) is 0 Å². The maximum Gasteiger partial charge on any atom is 0.185 e. The Morgan fingerprint density at radius 1 is 0.667 bits per heavy atom. The van der Waals surface area contributed by atoms with Crippen molar-refractivity contribution in [2.75, 3.05) is 36.0 Å². The minimum Gasteiger partial charge on any atom is -0.354 e. The van der Waals surface area contributed by atoms with Crippen LogP contribution in [0.25, 0.3) is 0 Å². The van der Waals surface area contributed by atoms with Gasteiger partial charge in [-0.3, -0.25) is 0 Å². The van der Waals surface area contributed by atoms with Crippen molar-refractivity contribution in [3.8, 4) is 12.1 Å². The predicted molar refractivity (Wildman–Crippen MR) is 79.0 cm³/mol. The van der Waals surface area contributed by atoms with Crippen molar-refractivity contribution in [2.24, 2.45) is 0 Å². The van der Waals surface area contributed by atoms with Gasteiger partial charge in [-0.15, -0.1) is 0 Å². The summed E-state index contributed by atoms with van der Waals surface area (Å²) < 4.78 is 0. The number of piperidine rings is 1. The molecule has 108 valence electrons. The molecule has 3 heterocycles. The van der Waals surface area contributed by atoms with Gasteiger partial charge >= 0.3 is 0 Å². The van der Waals surface area contributed by atoms with Crippen LogP contribution in [0, 0.1) is 22.7 Å². The molecule has 0 bridgehead atoms. The Morgan fingerprint density at radius 3 is 1.43 bits per heavy atom. The molecule has 0 spiro atoms. The van der Waals surface area contributed by atoms with E-state index in [2.05, 4.69) is 31.9 Å². The molecule has 1 aromatic rings. The lowest BCUT2D eigenvalue weighted by Crippen LogP contribution is -2.32. The van der Waals surface area contributed by atoms with E-state index in [0.29, 0.717) is 23.0 Å². The molecule has 6 heteroatoms. The molecule has 3 rings (SSSR count). The van der Waals surface area contributed by atoms with Gasteiger partial charge in [0, 0.05) is 26.2 Å². The fourth-order valence-corrected chi connectivity index (χ4v) is 3.04. The maximum atomic E-state index is 9.40. The van der Waals surface area contributed by atoms with Crippen LogP contribution < -0.4 is 9.80 Å². The Bertz CT molecular complexity index is 600. The van der Waals surface area contributed by atoms with Crippen LogP contribution >= 0.6 is 0 Å². The van der Waals surface area contributed by atoms with Gasteiger partial charge < -0.3 is 9.80 Å². The monoisotopic (exact) mass is 282 g/mol. The summed E-state index contributed by atoms with van der Waals surface area (Å²) in [5.41, 5.74) is 0.689. The molecule has 0 aliphatic carbocycles. The van der Waals surface area contributed by atoms with Crippen LogP contribution in [-0.2, 0) is 0 Å². The van der Waals surface area contributed by atoms with Crippen LogP contribution in [0.1, 0.15) is 43.5 Å². The van der Waals surface area contributed by atoms with Gasteiger partial charge in [-0.05, 0) is 32.1 Å². The Morgan fingerprint density at radius 2 is 1.05 bits per heavy atom. The SMILES string of the molecule is N#Cc1nc(N2CCCC2)c(C#N)nc1N1CCCCC1. The van der Waals surface area contributed by atoms with E-state index in [1.54, 1.807) is 0 Å². The topological polar surface area (TPSA) is 79.8 Å². The van der Waals surface area contributed by atoms with Gasteiger partial charge in [-0.1, -0.05) is 0 Å². The number of aromatic nitrogens is 2. The summed E-state index contributed by atoms with van der Waals surface area (Å²) in [6.45, 7) is 3.54. The van der Waals surface area contributed by atoms with E-state index < -0.39 is 0 Å². The molecule has 1 aromatic heterocycles. The summed E-state index contributed by atoms with van der Waals surface area (Å²) in [6.07, 6.45) is 5.61. The first-order valence-corrected chi connectivity index (χ1v) is 7.55. The Hall–Kier alpha value is -2.34. The lowest BCUT2D eigenvalue weighted by atomic mass is 10.1. The quantitative estimate of drug-likeness (QED) is 0.823. The average molecular weight is 282 g/mol. The molecule has 0 unspecified atom stereocenters. The molecule has 6 nitrogen and oxygen atoms in total. The summed E-state index contributed by atoms with van der Waals surface area (Å²) in [5, 5.41) is 18.8. The van der Waals surface area contributed by atoms with E-state index in [1.165, 1.54) is 6.42 Å². The van der Waals surface area contributed by atoms with Crippen molar-refractivity contribution < 1.29 is 0 Å². The van der Waals surface area contributed by atoms with Gasteiger partial charge in [-0.2, -0.15) is 10.5 Å². The van der Waals surface area contributed by atoms with Gasteiger partial charge in [-0.25, -0.2) is 9.97 Å². The Balaban J connectivity index is 2.01. The second-order valence-electron chi connectivity index (χ2n) is 5.53. The van der Waals surface area contributed by atoms with Crippen LogP contribution in [0.3, 0.4) is 0 Å². The molecular weight excluding hydrogens is 264 g/mol. The smallest absolute Gasteiger partial charge is 0.185 e. The molecule has 2 aliphatic heterocycles. The molecule has 2 fully saturated rings. The first-order chi connectivity index (χ1) is 10.3. The zero-order valence-electron chi connectivity index (χ0n) is 12.0. The summed E-state index contributed by atoms with van der Waals surface area (Å²) in [7, 11) is 0. The number of nitrogens with zero attached hydrogens (tertiary/aromatic N) is 6. The molecule has 0 aromatic carbocycles. The second kappa shape index (κ2) is 5.97. The van der Waals surface area contributed by atoms with Crippen LogP contribution in [0.4, 0.5) is 11.6 Å². The summed E-state index contributed by atoms with van der Waals surface area (Å²) in [5.74, 6) is 1.16. The molecule has 21 heavy (non-hydrogen) atoms. The third-order valence-corrected chi connectivity index (χ3v) is 4.13. The van der Waals surface area contributed by atoms with Crippen molar-refractivity contribution in [3.63, 3.8) is 0 Å². The predicted octanol–water partition coefficient (Wildman–Crippen LogP) is 1.81.